The molecule has 0 aromatic carbocycles. The van der Waals surface area contributed by atoms with Crippen molar-refractivity contribution in [2.45, 2.75) is 4.90 Å². The van der Waals surface area contributed by atoms with Gasteiger partial charge in [0.1, 0.15) is 4.90 Å². The predicted molar refractivity (Wildman–Crippen MR) is 71.0 cm³/mol. The van der Waals surface area contributed by atoms with Gasteiger partial charge in [-0.25, -0.2) is 23.4 Å². The Hall–Kier alpha value is -1.29. The highest BCUT2D eigenvalue weighted by molar-refractivity contribution is 7.89. The van der Waals surface area contributed by atoms with Crippen LogP contribution in [0.5, 0.6) is 0 Å². The maximum atomic E-state index is 12.1. The number of nitrogens with zero attached hydrogens (tertiary/aromatic N) is 4. The molecule has 2 N–H and O–H groups in total. The zero-order valence-electron chi connectivity index (χ0n) is 11.0. The van der Waals surface area contributed by atoms with Crippen molar-refractivity contribution in [3.8, 4) is 0 Å². The zero-order chi connectivity index (χ0) is 13.9. The van der Waals surface area contributed by atoms with Gasteiger partial charge in [-0.15, -0.1) is 4.83 Å². The lowest BCUT2D eigenvalue weighted by atomic mass is 10.4. The molecule has 0 atom stereocenters. The fraction of sp³-hybridized carbons (Fsp3) is 0.600. The van der Waals surface area contributed by atoms with E-state index in [2.05, 4.69) is 25.0 Å². The van der Waals surface area contributed by atoms with Crippen LogP contribution < -0.4 is 10.1 Å². The Morgan fingerprint density at radius 2 is 1.74 bits per heavy atom. The van der Waals surface area contributed by atoms with Gasteiger partial charge in [-0.05, 0) is 7.05 Å². The lowest BCUT2D eigenvalue weighted by Crippen LogP contribution is -2.52. The third-order valence-electron chi connectivity index (χ3n) is 2.91. The Bertz CT molecular complexity index is 509. The molecule has 2 heterocycles. The molecule has 1 aromatic heterocycles. The van der Waals surface area contributed by atoms with Crippen molar-refractivity contribution in [3.05, 3.63) is 12.4 Å². The van der Waals surface area contributed by atoms with Gasteiger partial charge in [-0.2, -0.15) is 0 Å². The SMILES string of the molecule is CNc1ncc(S(=O)(=O)NN2CCN(C)CC2)cn1. The van der Waals surface area contributed by atoms with E-state index in [9.17, 15) is 8.42 Å². The van der Waals surface area contributed by atoms with Crippen LogP contribution >= 0.6 is 0 Å². The van der Waals surface area contributed by atoms with Gasteiger partial charge in [0.2, 0.25) is 5.95 Å². The van der Waals surface area contributed by atoms with Gasteiger partial charge in [0.15, 0.2) is 0 Å². The number of piperazine rings is 1. The first-order chi connectivity index (χ1) is 9.01. The van der Waals surface area contributed by atoms with Crippen LogP contribution in [-0.2, 0) is 10.0 Å². The largest absolute Gasteiger partial charge is 0.357 e. The summed E-state index contributed by atoms with van der Waals surface area (Å²) in [6, 6.07) is 0. The van der Waals surface area contributed by atoms with Crippen LogP contribution in [-0.4, -0.2) is 68.6 Å². The second kappa shape index (κ2) is 5.78. The normalized spacial score (nSPS) is 18.4. The van der Waals surface area contributed by atoms with Crippen molar-refractivity contribution in [1.82, 2.24) is 24.7 Å². The number of sulfonamides is 1. The molecule has 1 aliphatic rings. The molecule has 8 nitrogen and oxygen atoms in total. The highest BCUT2D eigenvalue weighted by Gasteiger charge is 2.21. The first-order valence-electron chi connectivity index (χ1n) is 5.97. The maximum absolute atomic E-state index is 12.1. The van der Waals surface area contributed by atoms with E-state index in [0.29, 0.717) is 19.0 Å². The van der Waals surface area contributed by atoms with E-state index in [1.54, 1.807) is 12.1 Å². The Morgan fingerprint density at radius 3 is 2.26 bits per heavy atom. The molecule has 0 saturated carbocycles. The Balaban J connectivity index is 2.05. The Morgan fingerprint density at radius 1 is 1.16 bits per heavy atom. The fourth-order valence-electron chi connectivity index (χ4n) is 1.70. The highest BCUT2D eigenvalue weighted by atomic mass is 32.2. The van der Waals surface area contributed by atoms with Crippen molar-refractivity contribution in [3.63, 3.8) is 0 Å². The van der Waals surface area contributed by atoms with Crippen molar-refractivity contribution >= 4 is 16.0 Å². The molecule has 0 spiro atoms. The van der Waals surface area contributed by atoms with E-state index in [0.717, 1.165) is 13.1 Å². The number of hydrogen-bond donors (Lipinski definition) is 2. The minimum absolute atomic E-state index is 0.0606. The molecule has 2 rings (SSSR count). The van der Waals surface area contributed by atoms with Crippen molar-refractivity contribution in [1.29, 1.82) is 0 Å². The first-order valence-corrected chi connectivity index (χ1v) is 7.45. The molecular formula is C10H18N6O2S. The molecule has 0 bridgehead atoms. The van der Waals surface area contributed by atoms with Crippen LogP contribution in [0.3, 0.4) is 0 Å². The van der Waals surface area contributed by atoms with Crippen molar-refractivity contribution < 1.29 is 8.42 Å². The van der Waals surface area contributed by atoms with Gasteiger partial charge >= 0.3 is 0 Å². The molecule has 1 aromatic rings. The second-order valence-electron chi connectivity index (χ2n) is 4.38. The lowest BCUT2D eigenvalue weighted by molar-refractivity contribution is 0.135. The van der Waals surface area contributed by atoms with Gasteiger partial charge in [0, 0.05) is 33.2 Å². The zero-order valence-corrected chi connectivity index (χ0v) is 11.8. The lowest BCUT2D eigenvalue weighted by Gasteiger charge is -2.31. The van der Waals surface area contributed by atoms with Gasteiger partial charge in [-0.3, -0.25) is 0 Å². The molecule has 1 fully saturated rings. The van der Waals surface area contributed by atoms with Gasteiger partial charge in [0.25, 0.3) is 10.0 Å². The van der Waals surface area contributed by atoms with Crippen LogP contribution in [0.1, 0.15) is 0 Å². The van der Waals surface area contributed by atoms with E-state index in [1.807, 2.05) is 7.05 Å². The van der Waals surface area contributed by atoms with Gasteiger partial charge in [0.05, 0.1) is 12.4 Å². The summed E-state index contributed by atoms with van der Waals surface area (Å²) in [4.78, 5) is 12.6. The number of rotatable bonds is 4. The third-order valence-corrected chi connectivity index (χ3v) is 4.24. The van der Waals surface area contributed by atoms with Crippen LogP contribution in [0.2, 0.25) is 0 Å². The summed E-state index contributed by atoms with van der Waals surface area (Å²) in [6.07, 6.45) is 2.58. The fourth-order valence-corrected chi connectivity index (χ4v) is 2.72. The Kier molecular flexibility index (Phi) is 4.30. The summed E-state index contributed by atoms with van der Waals surface area (Å²) in [5.74, 6) is 0.388. The quantitative estimate of drug-likeness (QED) is 0.730. The number of anilines is 1. The summed E-state index contributed by atoms with van der Waals surface area (Å²) in [5, 5.41) is 4.43. The number of nitrogens with one attached hydrogen (secondary N) is 2. The van der Waals surface area contributed by atoms with E-state index in [4.69, 9.17) is 0 Å². The average Bonchev–Trinajstić information content (AvgIpc) is 2.41. The second-order valence-corrected chi connectivity index (χ2v) is 6.04. The summed E-state index contributed by atoms with van der Waals surface area (Å²) >= 11 is 0. The smallest absolute Gasteiger partial charge is 0.256 e. The van der Waals surface area contributed by atoms with Crippen LogP contribution in [0, 0.1) is 0 Å². The number of hydrazine groups is 1. The first kappa shape index (κ1) is 14.1. The van der Waals surface area contributed by atoms with E-state index in [1.165, 1.54) is 12.4 Å². The summed E-state index contributed by atoms with van der Waals surface area (Å²) in [7, 11) is 0.0849. The summed E-state index contributed by atoms with van der Waals surface area (Å²) in [5.41, 5.74) is 0. The molecule has 0 amide bonds. The van der Waals surface area contributed by atoms with Crippen LogP contribution in [0.15, 0.2) is 17.3 Å². The van der Waals surface area contributed by atoms with Crippen LogP contribution in [0.4, 0.5) is 5.95 Å². The molecule has 1 saturated heterocycles. The molecule has 0 unspecified atom stereocenters. The summed E-state index contributed by atoms with van der Waals surface area (Å²) in [6.45, 7) is 2.98. The third kappa shape index (κ3) is 3.60. The van der Waals surface area contributed by atoms with Gasteiger partial charge < -0.3 is 10.2 Å². The average molecular weight is 286 g/mol. The minimum Gasteiger partial charge on any atom is -0.357 e. The number of aromatic nitrogens is 2. The molecule has 0 aliphatic carbocycles. The minimum atomic E-state index is -3.60. The van der Waals surface area contributed by atoms with Crippen molar-refractivity contribution in [2.24, 2.45) is 0 Å². The van der Waals surface area contributed by atoms with E-state index < -0.39 is 10.0 Å². The Labute approximate surface area is 112 Å². The van der Waals surface area contributed by atoms with Crippen molar-refractivity contribution in [2.75, 3.05) is 45.6 Å². The molecule has 1 aliphatic heterocycles. The van der Waals surface area contributed by atoms with E-state index in [-0.39, 0.29) is 4.90 Å². The molecule has 9 heteroatoms. The molecule has 19 heavy (non-hydrogen) atoms. The van der Waals surface area contributed by atoms with Crippen LogP contribution in [0.25, 0.3) is 0 Å². The molecule has 106 valence electrons. The highest BCUT2D eigenvalue weighted by Crippen LogP contribution is 2.08. The maximum Gasteiger partial charge on any atom is 0.256 e. The molecular weight excluding hydrogens is 268 g/mol. The summed E-state index contributed by atoms with van der Waals surface area (Å²) < 4.78 is 24.2. The number of likely N-dealkylation sites (N-methyl/N-ethyl adjacent to an activating group) is 1. The number of hydrogen-bond acceptors (Lipinski definition) is 7. The van der Waals surface area contributed by atoms with E-state index >= 15 is 0 Å². The van der Waals surface area contributed by atoms with Gasteiger partial charge in [-0.1, -0.05) is 0 Å². The topological polar surface area (TPSA) is 90.5 Å². The monoisotopic (exact) mass is 286 g/mol. The molecule has 0 radical (unpaired) electrons. The standard InChI is InChI=1S/C10H18N6O2S/c1-11-10-12-7-9(8-13-10)19(17,18)14-16-5-3-15(2)4-6-16/h7-8,14H,3-6H2,1-2H3,(H,11,12,13). The predicted octanol–water partition coefficient (Wildman–Crippen LogP) is -1.04.